The number of hydrogen-bond acceptors (Lipinski definition) is 3. The lowest BCUT2D eigenvalue weighted by Crippen LogP contribution is -3.14. The summed E-state index contributed by atoms with van der Waals surface area (Å²) in [6, 6.07) is 12.8. The molecule has 5 heteroatoms. The van der Waals surface area contributed by atoms with Gasteiger partial charge in [-0.3, -0.25) is 0 Å². The van der Waals surface area contributed by atoms with E-state index >= 15 is 0 Å². The van der Waals surface area contributed by atoms with E-state index in [0.29, 0.717) is 5.92 Å². The van der Waals surface area contributed by atoms with Crippen molar-refractivity contribution in [3.05, 3.63) is 47.8 Å². The summed E-state index contributed by atoms with van der Waals surface area (Å²) in [5, 5.41) is 4.91. The van der Waals surface area contributed by atoms with Crippen LogP contribution in [-0.4, -0.2) is 47.3 Å². The fourth-order valence-corrected chi connectivity index (χ4v) is 4.00. The highest BCUT2D eigenvalue weighted by molar-refractivity contribution is 5.81. The van der Waals surface area contributed by atoms with E-state index in [0.717, 1.165) is 35.7 Å². The number of quaternary nitrogens is 1. The van der Waals surface area contributed by atoms with Crippen LogP contribution in [0.1, 0.15) is 38.1 Å². The van der Waals surface area contributed by atoms with Crippen molar-refractivity contribution in [3.63, 3.8) is 0 Å². The number of piperazine rings is 1. The average Bonchev–Trinajstić information content (AvgIpc) is 3.03. The van der Waals surface area contributed by atoms with Crippen LogP contribution in [0.3, 0.4) is 0 Å². The number of benzene rings is 1. The van der Waals surface area contributed by atoms with E-state index in [4.69, 9.17) is 10.1 Å². The van der Waals surface area contributed by atoms with E-state index in [9.17, 15) is 0 Å². The maximum Gasteiger partial charge on any atom is 0.165 e. The Morgan fingerprint density at radius 2 is 1.81 bits per heavy atom. The number of likely N-dealkylation sites (N-methyl/N-ethyl adjacent to an activating group) is 1. The number of nitrogens with one attached hydrogen (secondary N) is 1. The van der Waals surface area contributed by atoms with Gasteiger partial charge in [0, 0.05) is 17.3 Å². The van der Waals surface area contributed by atoms with Gasteiger partial charge in [-0.1, -0.05) is 44.2 Å². The smallest absolute Gasteiger partial charge is 0.165 e. The van der Waals surface area contributed by atoms with Gasteiger partial charge >= 0.3 is 0 Å². The van der Waals surface area contributed by atoms with Gasteiger partial charge in [0.05, 0.1) is 38.4 Å². The lowest BCUT2D eigenvalue weighted by atomic mass is 10.1. The molecule has 3 aromatic rings. The number of nitrogens with zero attached hydrogens (tertiary/aromatic N) is 4. The second-order valence-electron chi connectivity index (χ2n) is 7.85. The van der Waals surface area contributed by atoms with E-state index in [1.54, 1.807) is 4.90 Å². The van der Waals surface area contributed by atoms with Crippen LogP contribution >= 0.6 is 0 Å². The van der Waals surface area contributed by atoms with Crippen molar-refractivity contribution in [1.29, 1.82) is 0 Å². The van der Waals surface area contributed by atoms with Gasteiger partial charge in [-0.05, 0) is 25.3 Å². The van der Waals surface area contributed by atoms with Gasteiger partial charge in [-0.15, -0.1) is 0 Å². The topological polar surface area (TPSA) is 37.9 Å². The first kappa shape index (κ1) is 18.0. The molecule has 3 heterocycles. The van der Waals surface area contributed by atoms with Crippen LogP contribution in [-0.2, 0) is 0 Å². The molecule has 142 valence electrons. The molecule has 0 radical (unpaired) electrons. The molecule has 1 aliphatic heterocycles. The molecule has 0 saturated carbocycles. The Morgan fingerprint density at radius 1 is 1.11 bits per heavy atom. The molecule has 1 aliphatic rings. The Labute approximate surface area is 161 Å². The number of hydrogen-bond donors (Lipinski definition) is 1. The van der Waals surface area contributed by atoms with Crippen molar-refractivity contribution >= 4 is 11.5 Å². The van der Waals surface area contributed by atoms with Crippen molar-refractivity contribution in [3.8, 4) is 11.1 Å². The molecule has 5 nitrogen and oxygen atoms in total. The molecule has 1 fully saturated rings. The molecule has 1 aromatic carbocycles. The Kier molecular flexibility index (Phi) is 4.87. The van der Waals surface area contributed by atoms with E-state index in [-0.39, 0.29) is 0 Å². The molecule has 27 heavy (non-hydrogen) atoms. The number of fused-ring (bicyclic) bond motifs is 1. The van der Waals surface area contributed by atoms with Gasteiger partial charge in [0.25, 0.3) is 0 Å². The molecule has 0 spiro atoms. The summed E-state index contributed by atoms with van der Waals surface area (Å²) in [6.07, 6.45) is 0. The average molecular weight is 365 g/mol. The number of anilines is 1. The van der Waals surface area contributed by atoms with E-state index in [1.807, 2.05) is 0 Å². The lowest BCUT2D eigenvalue weighted by Gasteiger charge is -2.33. The standard InChI is InChI=1S/C22H29N5/c1-5-25-11-13-26(14-12-25)20-15-19(16(2)3)23-22-21(17(4)24-27(20)22)18-9-7-6-8-10-18/h6-10,15-16H,5,11-14H2,1-4H3/p+1. The van der Waals surface area contributed by atoms with Crippen LogP contribution in [0.5, 0.6) is 0 Å². The van der Waals surface area contributed by atoms with Crippen molar-refractivity contribution < 1.29 is 4.90 Å². The number of aromatic nitrogens is 3. The van der Waals surface area contributed by atoms with E-state index < -0.39 is 0 Å². The molecule has 0 amide bonds. The van der Waals surface area contributed by atoms with Gasteiger partial charge in [-0.2, -0.15) is 9.61 Å². The minimum absolute atomic E-state index is 0.384. The molecule has 2 aromatic heterocycles. The maximum atomic E-state index is 5.03. The molecule has 4 rings (SSSR count). The molecule has 1 saturated heterocycles. The summed E-state index contributed by atoms with van der Waals surface area (Å²) in [4.78, 5) is 9.20. The van der Waals surface area contributed by atoms with Crippen LogP contribution in [0.2, 0.25) is 0 Å². The fourth-order valence-electron chi connectivity index (χ4n) is 4.00. The monoisotopic (exact) mass is 364 g/mol. The Balaban J connectivity index is 1.87. The Hall–Kier alpha value is -2.40. The van der Waals surface area contributed by atoms with Crippen LogP contribution in [0.25, 0.3) is 16.8 Å². The van der Waals surface area contributed by atoms with Gasteiger partial charge in [0.1, 0.15) is 5.82 Å². The van der Waals surface area contributed by atoms with Gasteiger partial charge in [0.2, 0.25) is 0 Å². The van der Waals surface area contributed by atoms with Crippen LogP contribution in [0.4, 0.5) is 5.82 Å². The predicted molar refractivity (Wildman–Crippen MR) is 111 cm³/mol. The fraction of sp³-hybridized carbons (Fsp3) is 0.455. The summed E-state index contributed by atoms with van der Waals surface area (Å²) < 4.78 is 2.07. The Morgan fingerprint density at radius 3 is 2.44 bits per heavy atom. The number of rotatable bonds is 4. The summed E-state index contributed by atoms with van der Waals surface area (Å²) >= 11 is 0. The quantitative estimate of drug-likeness (QED) is 0.773. The first-order valence-electron chi connectivity index (χ1n) is 10.1. The third-order valence-corrected chi connectivity index (χ3v) is 5.71. The molecular formula is C22H30N5+. The first-order chi connectivity index (χ1) is 13.1. The summed E-state index contributed by atoms with van der Waals surface area (Å²) in [5.41, 5.74) is 5.49. The SMILES string of the molecule is CC[NH+]1CCN(c2cc(C(C)C)nc3c(-c4ccccc4)c(C)nn23)CC1. The minimum atomic E-state index is 0.384. The minimum Gasteiger partial charge on any atom is -0.345 e. The third-order valence-electron chi connectivity index (χ3n) is 5.71. The van der Waals surface area contributed by atoms with Crippen LogP contribution in [0.15, 0.2) is 36.4 Å². The zero-order valence-corrected chi connectivity index (χ0v) is 16.9. The second kappa shape index (κ2) is 7.31. The largest absolute Gasteiger partial charge is 0.345 e. The molecular weight excluding hydrogens is 334 g/mol. The van der Waals surface area contributed by atoms with Gasteiger partial charge < -0.3 is 9.80 Å². The van der Waals surface area contributed by atoms with Gasteiger partial charge in [0.15, 0.2) is 5.65 Å². The summed E-state index contributed by atoms with van der Waals surface area (Å²) in [5.74, 6) is 1.57. The van der Waals surface area contributed by atoms with Crippen LogP contribution in [0, 0.1) is 6.92 Å². The third kappa shape index (κ3) is 3.32. The number of aryl methyl sites for hydroxylation is 1. The molecule has 1 N–H and O–H groups in total. The van der Waals surface area contributed by atoms with Crippen molar-refractivity contribution in [2.45, 2.75) is 33.6 Å². The lowest BCUT2D eigenvalue weighted by molar-refractivity contribution is -0.898. The van der Waals surface area contributed by atoms with Crippen molar-refractivity contribution in [1.82, 2.24) is 14.6 Å². The molecule has 0 unspecified atom stereocenters. The van der Waals surface area contributed by atoms with Crippen molar-refractivity contribution in [2.24, 2.45) is 0 Å². The zero-order chi connectivity index (χ0) is 19.0. The second-order valence-corrected chi connectivity index (χ2v) is 7.85. The maximum absolute atomic E-state index is 5.03. The molecule has 0 atom stereocenters. The predicted octanol–water partition coefficient (Wildman–Crippen LogP) is 2.55. The highest BCUT2D eigenvalue weighted by Gasteiger charge is 2.24. The van der Waals surface area contributed by atoms with E-state index in [2.05, 4.69) is 73.5 Å². The van der Waals surface area contributed by atoms with E-state index in [1.165, 1.54) is 31.0 Å². The highest BCUT2D eigenvalue weighted by atomic mass is 15.4. The van der Waals surface area contributed by atoms with Crippen LogP contribution < -0.4 is 9.80 Å². The normalized spacial score (nSPS) is 15.8. The summed E-state index contributed by atoms with van der Waals surface area (Å²) in [6.45, 7) is 14.5. The molecule has 0 aliphatic carbocycles. The first-order valence-corrected chi connectivity index (χ1v) is 10.1. The highest BCUT2D eigenvalue weighted by Crippen LogP contribution is 2.31. The van der Waals surface area contributed by atoms with Crippen molar-refractivity contribution in [2.75, 3.05) is 37.6 Å². The zero-order valence-electron chi connectivity index (χ0n) is 16.9. The Bertz CT molecular complexity index is 921. The molecule has 0 bridgehead atoms. The van der Waals surface area contributed by atoms with Gasteiger partial charge in [-0.25, -0.2) is 4.98 Å². The summed E-state index contributed by atoms with van der Waals surface area (Å²) in [7, 11) is 0.